The fourth-order valence-corrected chi connectivity index (χ4v) is 1.62. The largest absolute Gasteiger partial charge is 0.410 e. The van der Waals surface area contributed by atoms with Gasteiger partial charge in [0.15, 0.2) is 0 Å². The summed E-state index contributed by atoms with van der Waals surface area (Å²) in [6.07, 6.45) is 1.43. The number of nitrogens with two attached hydrogens (primary N) is 1. The number of benzene rings is 1. The van der Waals surface area contributed by atoms with Crippen molar-refractivity contribution in [1.29, 1.82) is 0 Å². The molecule has 1 amide bonds. The Labute approximate surface area is 82.1 Å². The fraction of sp³-hybridized carbons (Fsp3) is 0.300. The summed E-state index contributed by atoms with van der Waals surface area (Å²) in [5.41, 5.74) is 7.21. The molecule has 74 valence electrons. The lowest BCUT2D eigenvalue weighted by Gasteiger charge is -2.18. The van der Waals surface area contributed by atoms with Crippen molar-refractivity contribution in [3.63, 3.8) is 0 Å². The first-order chi connectivity index (χ1) is 6.75. The Morgan fingerprint density at radius 3 is 3.14 bits per heavy atom. The summed E-state index contributed by atoms with van der Waals surface area (Å²) in [6, 6.07) is 5.52. The van der Waals surface area contributed by atoms with Crippen LogP contribution in [0.2, 0.25) is 0 Å². The van der Waals surface area contributed by atoms with E-state index in [1.165, 1.54) is 5.56 Å². The van der Waals surface area contributed by atoms with E-state index in [1.54, 1.807) is 12.1 Å². The maximum Gasteiger partial charge on any atom is 0.409 e. The molecule has 1 aromatic carbocycles. The molecule has 1 heterocycles. The highest BCUT2D eigenvalue weighted by Gasteiger charge is 2.09. The number of nitrogens with one attached hydrogen (secondary N) is 1. The minimum absolute atomic E-state index is 0.491. The standard InChI is InChI=1S/C10H12N2O2/c11-10(13)14-8-4-3-7-2-1-5-12-9(7)6-8/h3-4,6,12H,1-2,5H2,(H2,11,13). The number of fused-ring (bicyclic) bond motifs is 1. The van der Waals surface area contributed by atoms with E-state index >= 15 is 0 Å². The third-order valence-corrected chi connectivity index (χ3v) is 2.24. The van der Waals surface area contributed by atoms with Gasteiger partial charge in [-0.1, -0.05) is 6.07 Å². The number of hydrogen-bond acceptors (Lipinski definition) is 3. The van der Waals surface area contributed by atoms with E-state index in [2.05, 4.69) is 5.32 Å². The summed E-state index contributed by atoms with van der Waals surface area (Å²) in [6.45, 7) is 0.965. The number of ether oxygens (including phenoxy) is 1. The van der Waals surface area contributed by atoms with Crippen molar-refractivity contribution in [2.45, 2.75) is 12.8 Å². The van der Waals surface area contributed by atoms with Crippen LogP contribution >= 0.6 is 0 Å². The third kappa shape index (κ3) is 1.79. The van der Waals surface area contributed by atoms with Crippen LogP contribution in [-0.2, 0) is 6.42 Å². The van der Waals surface area contributed by atoms with E-state index in [0.29, 0.717) is 5.75 Å². The number of carbonyl (C=O) groups excluding carboxylic acids is 1. The Bertz CT molecular complexity index is 363. The summed E-state index contributed by atoms with van der Waals surface area (Å²) in [5.74, 6) is 0.491. The Morgan fingerprint density at radius 2 is 2.36 bits per heavy atom. The SMILES string of the molecule is NC(=O)Oc1ccc2c(c1)NCCC2. The van der Waals surface area contributed by atoms with Gasteiger partial charge in [-0.15, -0.1) is 0 Å². The predicted octanol–water partition coefficient (Wildman–Crippen LogP) is 1.50. The molecule has 0 unspecified atom stereocenters. The normalized spacial score (nSPS) is 14.0. The Hall–Kier alpha value is -1.71. The molecule has 0 aromatic heterocycles. The monoisotopic (exact) mass is 192 g/mol. The number of carbonyl (C=O) groups is 1. The average molecular weight is 192 g/mol. The van der Waals surface area contributed by atoms with Crippen LogP contribution in [-0.4, -0.2) is 12.6 Å². The van der Waals surface area contributed by atoms with E-state index in [4.69, 9.17) is 10.5 Å². The molecule has 3 N–H and O–H groups in total. The van der Waals surface area contributed by atoms with Gasteiger partial charge >= 0.3 is 6.09 Å². The number of aryl methyl sites for hydroxylation is 1. The maximum absolute atomic E-state index is 10.5. The van der Waals surface area contributed by atoms with E-state index < -0.39 is 6.09 Å². The molecular formula is C10H12N2O2. The van der Waals surface area contributed by atoms with Crippen LogP contribution < -0.4 is 15.8 Å². The van der Waals surface area contributed by atoms with Gasteiger partial charge in [0, 0.05) is 18.3 Å². The van der Waals surface area contributed by atoms with Crippen LogP contribution in [0.5, 0.6) is 5.75 Å². The van der Waals surface area contributed by atoms with Crippen molar-refractivity contribution in [3.05, 3.63) is 23.8 Å². The molecule has 4 nitrogen and oxygen atoms in total. The zero-order valence-electron chi connectivity index (χ0n) is 7.75. The third-order valence-electron chi connectivity index (χ3n) is 2.24. The van der Waals surface area contributed by atoms with Gasteiger partial charge in [0.25, 0.3) is 0 Å². The van der Waals surface area contributed by atoms with Crippen molar-refractivity contribution in [2.75, 3.05) is 11.9 Å². The smallest absolute Gasteiger partial charge is 0.409 e. The molecule has 14 heavy (non-hydrogen) atoms. The molecule has 0 saturated carbocycles. The van der Waals surface area contributed by atoms with Crippen LogP contribution in [0.25, 0.3) is 0 Å². The highest BCUT2D eigenvalue weighted by Crippen LogP contribution is 2.26. The van der Waals surface area contributed by atoms with Gasteiger partial charge in [-0.25, -0.2) is 4.79 Å². The number of rotatable bonds is 1. The molecule has 0 saturated heterocycles. The average Bonchev–Trinajstić information content (AvgIpc) is 2.17. The molecule has 4 heteroatoms. The maximum atomic E-state index is 10.5. The van der Waals surface area contributed by atoms with Gasteiger partial charge in [0.05, 0.1) is 0 Å². The lowest BCUT2D eigenvalue weighted by atomic mass is 10.0. The second-order valence-corrected chi connectivity index (χ2v) is 3.27. The summed E-state index contributed by atoms with van der Waals surface area (Å²) < 4.78 is 4.78. The van der Waals surface area contributed by atoms with Crippen LogP contribution in [0.3, 0.4) is 0 Å². The molecular weight excluding hydrogens is 180 g/mol. The topological polar surface area (TPSA) is 64.4 Å². The lowest BCUT2D eigenvalue weighted by molar-refractivity contribution is 0.211. The minimum atomic E-state index is -0.777. The van der Waals surface area contributed by atoms with E-state index in [0.717, 1.165) is 25.1 Å². The predicted molar refractivity (Wildman–Crippen MR) is 53.5 cm³/mol. The minimum Gasteiger partial charge on any atom is -0.410 e. The second kappa shape index (κ2) is 3.57. The summed E-state index contributed by atoms with van der Waals surface area (Å²) in [7, 11) is 0. The first-order valence-electron chi connectivity index (χ1n) is 4.60. The molecule has 2 rings (SSSR count). The molecule has 1 aliphatic rings. The van der Waals surface area contributed by atoms with Crippen molar-refractivity contribution >= 4 is 11.8 Å². The van der Waals surface area contributed by atoms with Gasteiger partial charge in [-0.05, 0) is 24.5 Å². The van der Waals surface area contributed by atoms with E-state index in [1.807, 2.05) is 6.07 Å². The molecule has 0 bridgehead atoms. The van der Waals surface area contributed by atoms with Crippen molar-refractivity contribution in [1.82, 2.24) is 0 Å². The Kier molecular flexibility index (Phi) is 2.26. The molecule has 0 radical (unpaired) electrons. The summed E-state index contributed by atoms with van der Waals surface area (Å²) >= 11 is 0. The van der Waals surface area contributed by atoms with Crippen LogP contribution in [0.4, 0.5) is 10.5 Å². The zero-order valence-corrected chi connectivity index (χ0v) is 7.75. The van der Waals surface area contributed by atoms with Gasteiger partial charge in [0.2, 0.25) is 0 Å². The Morgan fingerprint density at radius 1 is 1.50 bits per heavy atom. The number of amides is 1. The quantitative estimate of drug-likeness (QED) is 0.708. The van der Waals surface area contributed by atoms with Gasteiger partial charge < -0.3 is 15.8 Å². The first kappa shape index (κ1) is 8.87. The molecule has 0 atom stereocenters. The number of anilines is 1. The zero-order chi connectivity index (χ0) is 9.97. The lowest BCUT2D eigenvalue weighted by Crippen LogP contribution is -2.17. The summed E-state index contributed by atoms with van der Waals surface area (Å²) in [5, 5.41) is 3.24. The van der Waals surface area contributed by atoms with Crippen LogP contribution in [0.15, 0.2) is 18.2 Å². The van der Waals surface area contributed by atoms with E-state index in [-0.39, 0.29) is 0 Å². The number of primary amides is 1. The molecule has 0 spiro atoms. The second-order valence-electron chi connectivity index (χ2n) is 3.27. The Balaban J connectivity index is 2.24. The van der Waals surface area contributed by atoms with Crippen LogP contribution in [0.1, 0.15) is 12.0 Å². The molecule has 1 aromatic rings. The van der Waals surface area contributed by atoms with E-state index in [9.17, 15) is 4.79 Å². The summed E-state index contributed by atoms with van der Waals surface area (Å²) in [4.78, 5) is 10.5. The van der Waals surface area contributed by atoms with Gasteiger partial charge in [0.1, 0.15) is 5.75 Å². The molecule has 0 fully saturated rings. The molecule has 1 aliphatic heterocycles. The van der Waals surface area contributed by atoms with Crippen molar-refractivity contribution in [3.8, 4) is 5.75 Å². The molecule has 0 aliphatic carbocycles. The van der Waals surface area contributed by atoms with Crippen molar-refractivity contribution in [2.24, 2.45) is 5.73 Å². The fourth-order valence-electron chi connectivity index (χ4n) is 1.62. The van der Waals surface area contributed by atoms with Crippen molar-refractivity contribution < 1.29 is 9.53 Å². The van der Waals surface area contributed by atoms with Crippen LogP contribution in [0, 0.1) is 0 Å². The highest BCUT2D eigenvalue weighted by molar-refractivity contribution is 5.69. The highest BCUT2D eigenvalue weighted by atomic mass is 16.5. The first-order valence-corrected chi connectivity index (χ1v) is 4.60. The number of hydrogen-bond donors (Lipinski definition) is 2. The van der Waals surface area contributed by atoms with Gasteiger partial charge in [-0.3, -0.25) is 0 Å². The van der Waals surface area contributed by atoms with Gasteiger partial charge in [-0.2, -0.15) is 0 Å².